The number of alkyl halides is 3. The normalized spacial score (nSPS) is 15.3. The highest BCUT2D eigenvalue weighted by molar-refractivity contribution is 5.98. The third-order valence-corrected chi connectivity index (χ3v) is 6.76. The van der Waals surface area contributed by atoms with Gasteiger partial charge in [0.05, 0.1) is 26.2 Å². The van der Waals surface area contributed by atoms with Crippen molar-refractivity contribution in [2.24, 2.45) is 16.6 Å². The Labute approximate surface area is 230 Å². The number of guanidine groups is 1. The topological polar surface area (TPSA) is 115 Å². The molecule has 0 aliphatic heterocycles. The molecule has 1 aliphatic carbocycles. The maximum absolute atomic E-state index is 13.6. The molecule has 1 unspecified atom stereocenters. The van der Waals surface area contributed by atoms with Gasteiger partial charge in [-0.1, -0.05) is 44.2 Å². The first-order valence-electron chi connectivity index (χ1n) is 13.0. The molecule has 1 fully saturated rings. The van der Waals surface area contributed by atoms with Crippen LogP contribution in [0.4, 0.5) is 17.6 Å². The summed E-state index contributed by atoms with van der Waals surface area (Å²) >= 11 is 0. The molecule has 0 heterocycles. The molecular weight excluding hydrogens is 532 g/mol. The highest BCUT2D eigenvalue weighted by atomic mass is 19.4. The number of hydrogen-bond donors (Lipinski definition) is 3. The van der Waals surface area contributed by atoms with Crippen LogP contribution in [0.5, 0.6) is 11.5 Å². The maximum atomic E-state index is 13.6. The minimum atomic E-state index is -4.86. The molecule has 2 amide bonds. The average Bonchev–Trinajstić information content (AvgIpc) is 2.91. The number of nitrogens with one attached hydrogen (secondary N) is 2. The van der Waals surface area contributed by atoms with E-state index in [-0.39, 0.29) is 30.4 Å². The first kappa shape index (κ1) is 30.7. The predicted octanol–water partition coefficient (Wildman–Crippen LogP) is 4.49. The van der Waals surface area contributed by atoms with Crippen molar-refractivity contribution >= 4 is 17.8 Å². The number of carbonyl (C=O) groups excluding carboxylic acids is 2. The Balaban J connectivity index is 1.69. The van der Waals surface area contributed by atoms with Crippen molar-refractivity contribution in [1.82, 2.24) is 10.6 Å². The second-order valence-electron chi connectivity index (χ2n) is 9.71. The first-order chi connectivity index (χ1) is 19.0. The largest absolute Gasteiger partial charge is 0.493 e. The number of nitrogens with zero attached hydrogens (tertiary/aromatic N) is 1. The van der Waals surface area contributed by atoms with Crippen LogP contribution in [0.15, 0.2) is 41.4 Å². The third-order valence-electron chi connectivity index (χ3n) is 6.76. The number of nitrogens with two attached hydrogens (primary N) is 1. The van der Waals surface area contributed by atoms with E-state index in [0.717, 1.165) is 32.1 Å². The van der Waals surface area contributed by atoms with Crippen LogP contribution >= 0.6 is 0 Å². The Morgan fingerprint density at radius 3 is 2.35 bits per heavy atom. The second-order valence-corrected chi connectivity index (χ2v) is 9.71. The molecule has 12 heteroatoms. The van der Waals surface area contributed by atoms with Gasteiger partial charge in [0.15, 0.2) is 17.5 Å². The smallest absolute Gasteiger partial charge is 0.419 e. The number of hydrogen-bond acceptors (Lipinski definition) is 5. The lowest BCUT2D eigenvalue weighted by Crippen LogP contribution is -2.42. The lowest BCUT2D eigenvalue weighted by Gasteiger charge is -2.24. The molecule has 218 valence electrons. The monoisotopic (exact) mass is 566 g/mol. The standard InChI is InChI=1S/C28H34F4N4O4/c1-39-23-11-9-18(14-24(23)40-2)15-25(37)36-27(33)35-22(13-17-6-4-3-5-7-17)26(38)34-16-19-8-10-21(29)20(12-19)28(30,31)32/h8-12,14,17,22H,3-7,13,15-16H2,1-2H3,(H,34,38)(H3,33,35,36,37). The quantitative estimate of drug-likeness (QED) is 0.223. The predicted molar refractivity (Wildman–Crippen MR) is 141 cm³/mol. The van der Waals surface area contributed by atoms with Crippen LogP contribution in [-0.2, 0) is 28.7 Å². The van der Waals surface area contributed by atoms with E-state index in [0.29, 0.717) is 35.6 Å². The average molecular weight is 567 g/mol. The third kappa shape index (κ3) is 8.85. The second kappa shape index (κ2) is 14.0. The fourth-order valence-corrected chi connectivity index (χ4v) is 4.73. The number of aliphatic imine (C=N–C) groups is 1. The lowest BCUT2D eigenvalue weighted by molar-refractivity contribution is -0.140. The summed E-state index contributed by atoms with van der Waals surface area (Å²) in [5.74, 6) is -1.47. The van der Waals surface area contributed by atoms with E-state index in [1.54, 1.807) is 18.2 Å². The Morgan fingerprint density at radius 1 is 1.02 bits per heavy atom. The summed E-state index contributed by atoms with van der Waals surface area (Å²) in [5, 5.41) is 5.07. The zero-order valence-corrected chi connectivity index (χ0v) is 22.4. The number of rotatable bonds is 10. The Hall–Kier alpha value is -3.83. The molecule has 2 aromatic carbocycles. The molecule has 0 bridgehead atoms. The molecule has 0 spiro atoms. The number of benzene rings is 2. The number of halogens is 4. The summed E-state index contributed by atoms with van der Waals surface area (Å²) < 4.78 is 63.3. The Bertz CT molecular complexity index is 1210. The maximum Gasteiger partial charge on any atom is 0.419 e. The molecule has 40 heavy (non-hydrogen) atoms. The van der Waals surface area contributed by atoms with E-state index >= 15 is 0 Å². The van der Waals surface area contributed by atoms with Crippen molar-refractivity contribution in [2.75, 3.05) is 14.2 Å². The van der Waals surface area contributed by atoms with Gasteiger partial charge < -0.3 is 20.5 Å². The van der Waals surface area contributed by atoms with Crippen LogP contribution in [0.25, 0.3) is 0 Å². The molecule has 0 saturated heterocycles. The van der Waals surface area contributed by atoms with Gasteiger partial charge >= 0.3 is 6.18 Å². The van der Waals surface area contributed by atoms with E-state index in [9.17, 15) is 27.2 Å². The van der Waals surface area contributed by atoms with Gasteiger partial charge in [-0.3, -0.25) is 14.9 Å². The van der Waals surface area contributed by atoms with Gasteiger partial charge in [0.2, 0.25) is 11.8 Å². The minimum Gasteiger partial charge on any atom is -0.493 e. The lowest BCUT2D eigenvalue weighted by atomic mass is 9.84. The number of methoxy groups -OCH3 is 2. The summed E-state index contributed by atoms with van der Waals surface area (Å²) in [6.45, 7) is -0.259. The van der Waals surface area contributed by atoms with Gasteiger partial charge in [0.1, 0.15) is 11.9 Å². The highest BCUT2D eigenvalue weighted by Crippen LogP contribution is 2.32. The van der Waals surface area contributed by atoms with Gasteiger partial charge in [-0.15, -0.1) is 0 Å². The molecule has 1 aliphatic rings. The summed E-state index contributed by atoms with van der Waals surface area (Å²) in [5.41, 5.74) is 5.31. The van der Waals surface area contributed by atoms with Crippen LogP contribution in [-0.4, -0.2) is 38.0 Å². The minimum absolute atomic E-state index is 0.0395. The highest BCUT2D eigenvalue weighted by Gasteiger charge is 2.34. The summed E-state index contributed by atoms with van der Waals surface area (Å²) in [4.78, 5) is 29.9. The van der Waals surface area contributed by atoms with E-state index in [4.69, 9.17) is 15.2 Å². The molecule has 1 atom stereocenters. The van der Waals surface area contributed by atoms with Gasteiger partial charge in [-0.05, 0) is 47.7 Å². The van der Waals surface area contributed by atoms with Crippen LogP contribution in [0.3, 0.4) is 0 Å². The summed E-state index contributed by atoms with van der Waals surface area (Å²) in [6.07, 6.45) is 0.456. The zero-order chi connectivity index (χ0) is 29.3. The molecule has 1 saturated carbocycles. The number of ether oxygens (including phenoxy) is 2. The molecule has 0 radical (unpaired) electrons. The van der Waals surface area contributed by atoms with Crippen LogP contribution in [0.1, 0.15) is 55.2 Å². The van der Waals surface area contributed by atoms with E-state index < -0.39 is 35.4 Å². The van der Waals surface area contributed by atoms with E-state index in [2.05, 4.69) is 15.6 Å². The van der Waals surface area contributed by atoms with Crippen LogP contribution < -0.4 is 25.8 Å². The van der Waals surface area contributed by atoms with Gasteiger partial charge in [-0.25, -0.2) is 9.38 Å². The number of amides is 2. The molecule has 2 aromatic rings. The molecule has 4 N–H and O–H groups in total. The zero-order valence-electron chi connectivity index (χ0n) is 22.4. The molecular formula is C28H34F4N4O4. The van der Waals surface area contributed by atoms with Crippen LogP contribution in [0.2, 0.25) is 0 Å². The van der Waals surface area contributed by atoms with Crippen molar-refractivity contribution < 1.29 is 36.6 Å². The summed E-state index contributed by atoms with van der Waals surface area (Å²) in [6, 6.07) is 6.62. The Kier molecular flexibility index (Phi) is 10.7. The van der Waals surface area contributed by atoms with E-state index in [1.807, 2.05) is 0 Å². The summed E-state index contributed by atoms with van der Waals surface area (Å²) in [7, 11) is 2.98. The van der Waals surface area contributed by atoms with Gasteiger partial charge in [0.25, 0.3) is 0 Å². The van der Waals surface area contributed by atoms with Crippen molar-refractivity contribution in [1.29, 1.82) is 0 Å². The molecule has 0 aromatic heterocycles. The Morgan fingerprint density at radius 2 is 1.70 bits per heavy atom. The number of carbonyl (C=O) groups is 2. The van der Waals surface area contributed by atoms with Crippen LogP contribution in [0, 0.1) is 11.7 Å². The van der Waals surface area contributed by atoms with Gasteiger partial charge in [0, 0.05) is 6.54 Å². The van der Waals surface area contributed by atoms with Crippen molar-refractivity contribution in [3.63, 3.8) is 0 Å². The fourth-order valence-electron chi connectivity index (χ4n) is 4.73. The van der Waals surface area contributed by atoms with Crippen molar-refractivity contribution in [2.45, 2.75) is 63.7 Å². The van der Waals surface area contributed by atoms with Crippen molar-refractivity contribution in [3.8, 4) is 11.5 Å². The molecule has 3 rings (SSSR count). The first-order valence-corrected chi connectivity index (χ1v) is 13.0. The SMILES string of the molecule is COc1ccc(CC(=O)NC(N)=NC(CC2CCCCC2)C(=O)NCc2ccc(F)c(C(F)(F)F)c2)cc1OC. The van der Waals surface area contributed by atoms with Crippen molar-refractivity contribution in [3.05, 3.63) is 58.9 Å². The molecule has 8 nitrogen and oxygen atoms in total. The fraction of sp³-hybridized carbons (Fsp3) is 0.464. The van der Waals surface area contributed by atoms with Gasteiger partial charge in [-0.2, -0.15) is 13.2 Å². The van der Waals surface area contributed by atoms with E-state index in [1.165, 1.54) is 20.3 Å².